The van der Waals surface area contributed by atoms with Crippen LogP contribution >= 0.6 is 15.8 Å². The molecule has 0 aliphatic rings. The van der Waals surface area contributed by atoms with Crippen molar-refractivity contribution in [3.63, 3.8) is 0 Å². The predicted octanol–water partition coefficient (Wildman–Crippen LogP) is 4.17. The molecule has 32 heavy (non-hydrogen) atoms. The Balaban J connectivity index is 2.97. The molecule has 0 aromatic heterocycles. The highest BCUT2D eigenvalue weighted by Gasteiger charge is 2.18. The zero-order chi connectivity index (χ0) is 24.3. The number of carboxylic acids is 4. The van der Waals surface area contributed by atoms with Crippen LogP contribution in [0.4, 0.5) is 0 Å². The second-order valence-electron chi connectivity index (χ2n) is 7.83. The zero-order valence-corrected chi connectivity index (χ0v) is 20.3. The van der Waals surface area contributed by atoms with E-state index >= 15 is 0 Å². The predicted molar refractivity (Wildman–Crippen MR) is 126 cm³/mol. The molecule has 0 spiro atoms. The summed E-state index contributed by atoms with van der Waals surface area (Å²) in [4.78, 5) is 43.9. The first-order valence-electron chi connectivity index (χ1n) is 10.4. The van der Waals surface area contributed by atoms with Crippen molar-refractivity contribution < 1.29 is 39.6 Å². The molecule has 0 radical (unpaired) electrons. The van der Waals surface area contributed by atoms with Crippen LogP contribution in [-0.4, -0.2) is 69.0 Å². The van der Waals surface area contributed by atoms with Gasteiger partial charge in [0.15, 0.2) is 0 Å². The first-order valence-corrected chi connectivity index (χ1v) is 14.2. The minimum absolute atomic E-state index is 0.0267. The number of carboxylic acid groups (broad SMARTS) is 4. The molecule has 4 N–H and O–H groups in total. The van der Waals surface area contributed by atoms with Gasteiger partial charge in [0.25, 0.3) is 0 Å². The first kappa shape index (κ1) is 28.0. The molecule has 0 heterocycles. The van der Waals surface area contributed by atoms with Crippen molar-refractivity contribution in [1.82, 2.24) is 0 Å². The van der Waals surface area contributed by atoms with Gasteiger partial charge in [0.05, 0.1) is 0 Å². The van der Waals surface area contributed by atoms with Crippen LogP contribution in [0, 0.1) is 13.8 Å². The summed E-state index contributed by atoms with van der Waals surface area (Å²) in [6, 6.07) is 4.12. The van der Waals surface area contributed by atoms with E-state index in [1.54, 1.807) is 0 Å². The smallest absolute Gasteiger partial charge is 0.303 e. The van der Waals surface area contributed by atoms with Crippen LogP contribution in [0.1, 0.15) is 47.9 Å². The summed E-state index contributed by atoms with van der Waals surface area (Å²) in [5.41, 5.74) is 4.23. The third-order valence-electron chi connectivity index (χ3n) is 5.15. The summed E-state index contributed by atoms with van der Waals surface area (Å²) < 4.78 is 0. The highest BCUT2D eigenvalue weighted by Crippen LogP contribution is 2.44. The van der Waals surface area contributed by atoms with Crippen LogP contribution in [0.15, 0.2) is 12.1 Å². The Hall–Kier alpha value is -2.04. The molecule has 0 aliphatic heterocycles. The molecule has 1 aromatic rings. The summed E-state index contributed by atoms with van der Waals surface area (Å²) in [7, 11) is -1.54. The Morgan fingerprint density at radius 1 is 0.594 bits per heavy atom. The fourth-order valence-corrected chi connectivity index (χ4v) is 8.07. The van der Waals surface area contributed by atoms with Gasteiger partial charge < -0.3 is 20.4 Å². The Bertz CT molecular complexity index is 721. The minimum atomic E-state index is -0.882. The molecule has 0 saturated heterocycles. The van der Waals surface area contributed by atoms with Gasteiger partial charge >= 0.3 is 23.9 Å². The largest absolute Gasteiger partial charge is 0.481 e. The molecule has 1 rings (SSSR count). The molecule has 0 bridgehead atoms. The molecule has 0 amide bonds. The summed E-state index contributed by atoms with van der Waals surface area (Å²) in [5, 5.41) is 36.0. The van der Waals surface area contributed by atoms with E-state index in [0.717, 1.165) is 22.3 Å². The molecule has 0 unspecified atom stereocenters. The summed E-state index contributed by atoms with van der Waals surface area (Å²) in [5.74, 6) is -3.53. The Morgan fingerprint density at radius 3 is 1.06 bits per heavy atom. The van der Waals surface area contributed by atoms with E-state index in [2.05, 4.69) is 12.1 Å². The van der Waals surface area contributed by atoms with Gasteiger partial charge in [-0.3, -0.25) is 19.2 Å². The highest BCUT2D eigenvalue weighted by molar-refractivity contribution is 7.57. The van der Waals surface area contributed by atoms with Gasteiger partial charge in [0.1, 0.15) is 0 Å². The summed E-state index contributed by atoms with van der Waals surface area (Å²) in [6.45, 7) is 3.94. The Kier molecular flexibility index (Phi) is 12.4. The van der Waals surface area contributed by atoms with Crippen molar-refractivity contribution in [2.45, 2.75) is 51.9 Å². The summed E-state index contributed by atoms with van der Waals surface area (Å²) in [6.07, 6.45) is 3.35. The number of carbonyl (C=O) groups is 4. The second kappa shape index (κ2) is 14.2. The molecule has 0 saturated carbocycles. The van der Waals surface area contributed by atoms with E-state index < -0.39 is 39.7 Å². The third kappa shape index (κ3) is 11.5. The Labute approximate surface area is 190 Å². The molecular weight excluding hydrogens is 454 g/mol. The van der Waals surface area contributed by atoms with Gasteiger partial charge in [-0.05, 0) is 73.1 Å². The highest BCUT2D eigenvalue weighted by atomic mass is 31.1. The maximum Gasteiger partial charge on any atom is 0.303 e. The fraction of sp³-hybridized carbons (Fsp3) is 0.545. The quantitative estimate of drug-likeness (QED) is 0.254. The topological polar surface area (TPSA) is 149 Å². The first-order chi connectivity index (χ1) is 15.0. The van der Waals surface area contributed by atoms with Gasteiger partial charge in [-0.15, -0.1) is 15.8 Å². The van der Waals surface area contributed by atoms with E-state index in [4.69, 9.17) is 20.4 Å². The van der Waals surface area contributed by atoms with Gasteiger partial charge in [-0.1, -0.05) is 12.1 Å². The number of aliphatic carboxylic acids is 4. The number of aryl methyl sites for hydroxylation is 2. The number of benzene rings is 1. The van der Waals surface area contributed by atoms with E-state index in [9.17, 15) is 19.2 Å². The minimum Gasteiger partial charge on any atom is -0.481 e. The maximum absolute atomic E-state index is 11.0. The van der Waals surface area contributed by atoms with Gasteiger partial charge in [-0.2, -0.15) is 0 Å². The fourth-order valence-electron chi connectivity index (χ4n) is 3.31. The normalized spacial score (nSPS) is 11.1. The second-order valence-corrected chi connectivity index (χ2v) is 12.9. The average molecular weight is 486 g/mol. The molecule has 0 aliphatic carbocycles. The van der Waals surface area contributed by atoms with E-state index in [1.165, 1.54) is 0 Å². The van der Waals surface area contributed by atoms with Crippen LogP contribution in [0.2, 0.25) is 0 Å². The molecule has 10 heteroatoms. The van der Waals surface area contributed by atoms with Gasteiger partial charge in [0.2, 0.25) is 0 Å². The molecule has 0 atom stereocenters. The van der Waals surface area contributed by atoms with Crippen molar-refractivity contribution >= 4 is 39.7 Å². The lowest BCUT2D eigenvalue weighted by molar-refractivity contribution is -0.137. The molecular formula is C22H32O8P2. The van der Waals surface area contributed by atoms with Crippen molar-refractivity contribution in [3.05, 3.63) is 34.4 Å². The molecule has 8 nitrogen and oxygen atoms in total. The number of hydrogen-bond acceptors (Lipinski definition) is 4. The van der Waals surface area contributed by atoms with E-state index in [1.807, 2.05) is 13.8 Å². The van der Waals surface area contributed by atoms with Crippen LogP contribution in [0.25, 0.3) is 0 Å². The van der Waals surface area contributed by atoms with Crippen LogP contribution in [0.3, 0.4) is 0 Å². The SMILES string of the molecule is Cc1cc(CP(CCC(=O)O)CCC(=O)O)c(C)cc1CP(CCC(=O)O)CCC(=O)O. The molecule has 1 aromatic carbocycles. The standard InChI is InChI=1S/C22H32O8P2/c1-15-11-18(14-32(9-5-21(27)28)10-6-22(29)30)16(2)12-17(15)13-31(7-3-19(23)24)8-4-20(25)26/h11-12H,3-10,13-14H2,1-2H3,(H,23,24)(H,25,26)(H,27,28)(H,29,30). The van der Waals surface area contributed by atoms with Crippen LogP contribution in [0.5, 0.6) is 0 Å². The van der Waals surface area contributed by atoms with Gasteiger partial charge in [-0.25, -0.2) is 0 Å². The van der Waals surface area contributed by atoms with Gasteiger partial charge in [0, 0.05) is 25.7 Å². The van der Waals surface area contributed by atoms with Crippen molar-refractivity contribution in [1.29, 1.82) is 0 Å². The molecule has 178 valence electrons. The number of hydrogen-bond donors (Lipinski definition) is 4. The lowest BCUT2D eigenvalue weighted by Gasteiger charge is -2.21. The van der Waals surface area contributed by atoms with E-state index in [0.29, 0.717) is 37.0 Å². The van der Waals surface area contributed by atoms with Crippen LogP contribution in [-0.2, 0) is 31.5 Å². The number of rotatable bonds is 16. The molecule has 0 fully saturated rings. The van der Waals surface area contributed by atoms with E-state index in [-0.39, 0.29) is 25.7 Å². The lowest BCUT2D eigenvalue weighted by Crippen LogP contribution is -2.07. The van der Waals surface area contributed by atoms with Crippen molar-refractivity contribution in [3.8, 4) is 0 Å². The Morgan fingerprint density at radius 2 is 0.844 bits per heavy atom. The average Bonchev–Trinajstić information content (AvgIpc) is 2.68. The van der Waals surface area contributed by atoms with Crippen LogP contribution < -0.4 is 0 Å². The monoisotopic (exact) mass is 486 g/mol. The van der Waals surface area contributed by atoms with Crippen molar-refractivity contribution in [2.24, 2.45) is 0 Å². The third-order valence-corrected chi connectivity index (χ3v) is 10.2. The van der Waals surface area contributed by atoms with Crippen molar-refractivity contribution in [2.75, 3.05) is 24.6 Å². The maximum atomic E-state index is 11.0. The zero-order valence-electron chi connectivity index (χ0n) is 18.5. The summed E-state index contributed by atoms with van der Waals surface area (Å²) >= 11 is 0. The lowest BCUT2D eigenvalue weighted by atomic mass is 10.0.